The van der Waals surface area contributed by atoms with Gasteiger partial charge in [0.05, 0.1) is 24.2 Å². The second-order valence-corrected chi connectivity index (χ2v) is 10.8. The summed E-state index contributed by atoms with van der Waals surface area (Å²) in [5.41, 5.74) is 3.77. The SMILES string of the molecule is Fc1cc(Cl)ccc1COc1cccc(C2CCN(Cc3nc4ccccc4n3C[C@H]3CCOC3)CC2)n1. The molecule has 1 atom stereocenters. The largest absolute Gasteiger partial charge is 0.473 e. The number of pyridine rings is 1. The van der Waals surface area contributed by atoms with Crippen molar-refractivity contribution in [3.8, 4) is 5.88 Å². The van der Waals surface area contributed by atoms with Crippen LogP contribution < -0.4 is 4.74 Å². The lowest BCUT2D eigenvalue weighted by Crippen LogP contribution is -2.33. The van der Waals surface area contributed by atoms with E-state index in [0.29, 0.717) is 28.3 Å². The van der Waals surface area contributed by atoms with Gasteiger partial charge in [-0.2, -0.15) is 0 Å². The van der Waals surface area contributed by atoms with E-state index in [2.05, 4.69) is 39.8 Å². The first-order valence-corrected chi connectivity index (χ1v) is 13.8. The Morgan fingerprint density at radius 3 is 2.68 bits per heavy atom. The molecule has 8 heteroatoms. The number of hydrogen-bond donors (Lipinski definition) is 0. The van der Waals surface area contributed by atoms with Crippen LogP contribution in [0.2, 0.25) is 5.02 Å². The first-order chi connectivity index (χ1) is 18.6. The number of ether oxygens (including phenoxy) is 2. The fourth-order valence-electron chi connectivity index (χ4n) is 5.55. The first kappa shape index (κ1) is 25.3. The lowest BCUT2D eigenvalue weighted by Gasteiger charge is -2.31. The van der Waals surface area contributed by atoms with E-state index in [1.165, 1.54) is 11.6 Å². The Bertz CT molecular complexity index is 1400. The predicted molar refractivity (Wildman–Crippen MR) is 146 cm³/mol. The quantitative estimate of drug-likeness (QED) is 0.269. The lowest BCUT2D eigenvalue weighted by atomic mass is 9.93. The number of rotatable bonds is 8. The summed E-state index contributed by atoms with van der Waals surface area (Å²) in [4.78, 5) is 12.3. The van der Waals surface area contributed by atoms with Crippen molar-refractivity contribution in [2.24, 2.45) is 5.92 Å². The number of nitrogens with zero attached hydrogens (tertiary/aromatic N) is 4. The number of aromatic nitrogens is 3. The average Bonchev–Trinajstić information content (AvgIpc) is 3.57. The van der Waals surface area contributed by atoms with Gasteiger partial charge in [0.1, 0.15) is 18.2 Å². The summed E-state index contributed by atoms with van der Waals surface area (Å²) in [6.07, 6.45) is 3.17. The van der Waals surface area contributed by atoms with E-state index in [9.17, 15) is 4.39 Å². The molecule has 4 heterocycles. The number of imidazole rings is 1. The Labute approximate surface area is 227 Å². The summed E-state index contributed by atoms with van der Waals surface area (Å²) in [5, 5.41) is 0.373. The van der Waals surface area contributed by atoms with Gasteiger partial charge in [-0.25, -0.2) is 14.4 Å². The molecule has 2 aromatic carbocycles. The van der Waals surface area contributed by atoms with Gasteiger partial charge < -0.3 is 14.0 Å². The summed E-state index contributed by atoms with van der Waals surface area (Å²) in [5.74, 6) is 2.21. The number of para-hydroxylation sites is 2. The molecule has 2 aromatic heterocycles. The van der Waals surface area contributed by atoms with Gasteiger partial charge in [-0.3, -0.25) is 4.90 Å². The third-order valence-electron chi connectivity index (χ3n) is 7.71. The maximum absolute atomic E-state index is 14.1. The van der Waals surface area contributed by atoms with Crippen molar-refractivity contribution in [3.63, 3.8) is 0 Å². The predicted octanol–water partition coefficient (Wildman–Crippen LogP) is 6.22. The molecule has 6 nitrogen and oxygen atoms in total. The van der Waals surface area contributed by atoms with E-state index in [0.717, 1.165) is 75.7 Å². The van der Waals surface area contributed by atoms with Crippen molar-refractivity contribution in [3.05, 3.63) is 88.6 Å². The van der Waals surface area contributed by atoms with Crippen LogP contribution in [-0.2, 0) is 24.4 Å². The van der Waals surface area contributed by atoms with Crippen molar-refractivity contribution in [1.82, 2.24) is 19.4 Å². The summed E-state index contributed by atoms with van der Waals surface area (Å²) >= 11 is 5.85. The fraction of sp³-hybridized carbons (Fsp3) is 0.400. The Morgan fingerprint density at radius 2 is 1.87 bits per heavy atom. The standard InChI is InChI=1S/C30H32ClFN4O2/c31-24-9-8-23(25(32)16-24)20-38-30-7-3-5-26(34-30)22-10-13-35(14-11-22)18-29-33-27-4-1-2-6-28(27)36(29)17-21-12-15-37-19-21/h1-9,16,21-22H,10-15,17-20H2/t21-/m1/s1. The van der Waals surface area contributed by atoms with Crippen LogP contribution in [0.15, 0.2) is 60.7 Å². The normalized spacial score (nSPS) is 18.8. The molecule has 0 spiro atoms. The lowest BCUT2D eigenvalue weighted by molar-refractivity contribution is 0.180. The van der Waals surface area contributed by atoms with E-state index in [4.69, 9.17) is 31.0 Å². The highest BCUT2D eigenvalue weighted by Gasteiger charge is 2.25. The van der Waals surface area contributed by atoms with Gasteiger partial charge in [-0.05, 0) is 62.7 Å². The minimum atomic E-state index is -0.369. The van der Waals surface area contributed by atoms with Gasteiger partial charge in [0.2, 0.25) is 5.88 Å². The second-order valence-electron chi connectivity index (χ2n) is 10.3. The summed E-state index contributed by atoms with van der Waals surface area (Å²) in [6.45, 7) is 5.60. The third-order valence-corrected chi connectivity index (χ3v) is 7.94. The number of halogens is 2. The molecule has 0 N–H and O–H groups in total. The number of hydrogen-bond acceptors (Lipinski definition) is 5. The molecule has 2 saturated heterocycles. The van der Waals surface area contributed by atoms with Gasteiger partial charge >= 0.3 is 0 Å². The van der Waals surface area contributed by atoms with Gasteiger partial charge in [0, 0.05) is 47.3 Å². The zero-order valence-corrected chi connectivity index (χ0v) is 22.1. The minimum Gasteiger partial charge on any atom is -0.473 e. The second kappa shape index (κ2) is 11.4. The van der Waals surface area contributed by atoms with Crippen LogP contribution in [0.1, 0.15) is 42.3 Å². The Kier molecular flexibility index (Phi) is 7.58. The Hall–Kier alpha value is -3.00. The molecule has 0 saturated carbocycles. The maximum atomic E-state index is 14.1. The van der Waals surface area contributed by atoms with Gasteiger partial charge in [0.15, 0.2) is 0 Å². The highest BCUT2D eigenvalue weighted by molar-refractivity contribution is 6.30. The smallest absolute Gasteiger partial charge is 0.213 e. The topological polar surface area (TPSA) is 52.4 Å². The molecule has 4 aromatic rings. The van der Waals surface area contributed by atoms with E-state index < -0.39 is 0 Å². The minimum absolute atomic E-state index is 0.117. The average molecular weight is 535 g/mol. The molecule has 0 bridgehead atoms. The van der Waals surface area contributed by atoms with Gasteiger partial charge in [-0.1, -0.05) is 35.9 Å². The van der Waals surface area contributed by atoms with Gasteiger partial charge in [0.25, 0.3) is 0 Å². The maximum Gasteiger partial charge on any atom is 0.213 e. The summed E-state index contributed by atoms with van der Waals surface area (Å²) < 4.78 is 28.0. The van der Waals surface area contributed by atoms with Crippen LogP contribution in [-0.4, -0.2) is 45.7 Å². The molecular formula is C30H32ClFN4O2. The van der Waals surface area contributed by atoms with Crippen LogP contribution in [0.3, 0.4) is 0 Å². The van der Waals surface area contributed by atoms with Crippen molar-refractivity contribution in [2.45, 2.75) is 44.9 Å². The van der Waals surface area contributed by atoms with Crippen LogP contribution >= 0.6 is 11.6 Å². The Morgan fingerprint density at radius 1 is 1.00 bits per heavy atom. The zero-order valence-electron chi connectivity index (χ0n) is 21.4. The van der Waals surface area contributed by atoms with Gasteiger partial charge in [-0.15, -0.1) is 0 Å². The number of likely N-dealkylation sites (tertiary alicyclic amines) is 1. The van der Waals surface area contributed by atoms with Crippen LogP contribution in [0.4, 0.5) is 4.39 Å². The van der Waals surface area contributed by atoms with Crippen LogP contribution in [0, 0.1) is 11.7 Å². The number of fused-ring (bicyclic) bond motifs is 1. The van der Waals surface area contributed by atoms with Crippen LogP contribution in [0.25, 0.3) is 11.0 Å². The summed E-state index contributed by atoms with van der Waals surface area (Å²) in [7, 11) is 0. The van der Waals surface area contributed by atoms with E-state index in [1.54, 1.807) is 12.1 Å². The fourth-order valence-corrected chi connectivity index (χ4v) is 5.71. The number of benzene rings is 2. The van der Waals surface area contributed by atoms with Crippen molar-refractivity contribution < 1.29 is 13.9 Å². The molecule has 0 aliphatic carbocycles. The first-order valence-electron chi connectivity index (χ1n) is 13.4. The molecule has 198 valence electrons. The molecule has 38 heavy (non-hydrogen) atoms. The van der Waals surface area contributed by atoms with E-state index in [1.807, 2.05) is 12.1 Å². The Balaban J connectivity index is 1.08. The highest BCUT2D eigenvalue weighted by atomic mass is 35.5. The highest BCUT2D eigenvalue weighted by Crippen LogP contribution is 2.30. The van der Waals surface area contributed by atoms with E-state index in [-0.39, 0.29) is 12.4 Å². The van der Waals surface area contributed by atoms with Crippen molar-refractivity contribution in [1.29, 1.82) is 0 Å². The zero-order chi connectivity index (χ0) is 25.9. The molecule has 0 amide bonds. The molecule has 6 rings (SSSR count). The molecule has 2 fully saturated rings. The van der Waals surface area contributed by atoms with E-state index >= 15 is 0 Å². The molecule has 0 unspecified atom stereocenters. The van der Waals surface area contributed by atoms with Crippen molar-refractivity contribution in [2.75, 3.05) is 26.3 Å². The molecule has 2 aliphatic rings. The monoisotopic (exact) mass is 534 g/mol. The van der Waals surface area contributed by atoms with Crippen molar-refractivity contribution >= 4 is 22.6 Å². The number of piperidine rings is 1. The molecule has 2 aliphatic heterocycles. The summed E-state index contributed by atoms with van der Waals surface area (Å²) in [6, 6.07) is 18.9. The van der Waals surface area contributed by atoms with Crippen LogP contribution in [0.5, 0.6) is 5.88 Å². The molecule has 0 radical (unpaired) electrons. The molecular weight excluding hydrogens is 503 g/mol. The third kappa shape index (κ3) is 5.70.